The SMILES string of the molecule is CC1(C)COC[C@@H]1n1c(Cc2cc(F)c(-c3cccc(OCc4ccc(C#N)cc4F)n3)cc2F)nc(Cl)c1-c1cc(=O)[nH]o1. The van der Waals surface area contributed by atoms with Gasteiger partial charge in [-0.2, -0.15) is 10.4 Å². The molecule has 1 atom stereocenters. The summed E-state index contributed by atoms with van der Waals surface area (Å²) in [4.78, 5) is 20.6. The second-order valence-electron chi connectivity index (χ2n) is 11.3. The van der Waals surface area contributed by atoms with Gasteiger partial charge in [0.15, 0.2) is 10.9 Å². The van der Waals surface area contributed by atoms with Gasteiger partial charge in [0.1, 0.15) is 35.6 Å². The van der Waals surface area contributed by atoms with Crippen LogP contribution in [0.2, 0.25) is 5.15 Å². The average Bonchev–Trinajstić information content (AvgIpc) is 3.68. The van der Waals surface area contributed by atoms with Crippen LogP contribution in [0.1, 0.15) is 42.4 Å². The van der Waals surface area contributed by atoms with Crippen molar-refractivity contribution in [2.75, 3.05) is 13.2 Å². The fraction of sp³-hybridized carbons (Fsp3) is 0.250. The smallest absolute Gasteiger partial charge is 0.280 e. The first-order chi connectivity index (χ1) is 21.5. The molecule has 0 aliphatic carbocycles. The Hall–Kier alpha value is -4.86. The number of ether oxygens (including phenoxy) is 2. The Morgan fingerprint density at radius 2 is 1.89 bits per heavy atom. The fourth-order valence-electron chi connectivity index (χ4n) is 5.33. The summed E-state index contributed by atoms with van der Waals surface area (Å²) in [6.07, 6.45) is -0.128. The molecule has 0 unspecified atom stereocenters. The van der Waals surface area contributed by atoms with Crippen LogP contribution in [0.5, 0.6) is 5.88 Å². The molecule has 1 N–H and O–H groups in total. The van der Waals surface area contributed by atoms with Gasteiger partial charge in [0.2, 0.25) is 5.88 Å². The second kappa shape index (κ2) is 11.9. The van der Waals surface area contributed by atoms with Gasteiger partial charge in [-0.1, -0.05) is 37.6 Å². The van der Waals surface area contributed by atoms with Crippen LogP contribution in [-0.2, 0) is 17.8 Å². The predicted octanol–water partition coefficient (Wildman–Crippen LogP) is 6.60. The molecule has 0 spiro atoms. The van der Waals surface area contributed by atoms with E-state index in [2.05, 4.69) is 15.1 Å². The number of aromatic amines is 1. The Morgan fingerprint density at radius 1 is 1.09 bits per heavy atom. The molecule has 1 saturated heterocycles. The summed E-state index contributed by atoms with van der Waals surface area (Å²) < 4.78 is 63.9. The van der Waals surface area contributed by atoms with Crippen LogP contribution in [0, 0.1) is 34.2 Å². The Morgan fingerprint density at radius 3 is 2.58 bits per heavy atom. The zero-order valence-electron chi connectivity index (χ0n) is 24.0. The van der Waals surface area contributed by atoms with Crippen LogP contribution < -0.4 is 10.3 Å². The number of imidazole rings is 1. The third-order valence-corrected chi connectivity index (χ3v) is 7.97. The maximum Gasteiger partial charge on any atom is 0.280 e. The number of nitrogens with zero attached hydrogens (tertiary/aromatic N) is 4. The van der Waals surface area contributed by atoms with Gasteiger partial charge >= 0.3 is 0 Å². The number of pyridine rings is 1. The van der Waals surface area contributed by atoms with Crippen molar-refractivity contribution in [2.24, 2.45) is 5.41 Å². The van der Waals surface area contributed by atoms with Crippen molar-refractivity contribution < 1.29 is 27.2 Å². The summed E-state index contributed by atoms with van der Waals surface area (Å²) in [6.45, 7) is 4.57. The van der Waals surface area contributed by atoms with Crippen LogP contribution in [0.25, 0.3) is 22.7 Å². The van der Waals surface area contributed by atoms with Gasteiger partial charge in [-0.25, -0.2) is 23.1 Å². The summed E-state index contributed by atoms with van der Waals surface area (Å²) in [7, 11) is 0. The number of H-pyrrole nitrogens is 1. The van der Waals surface area contributed by atoms with Crippen molar-refractivity contribution in [1.82, 2.24) is 19.7 Å². The van der Waals surface area contributed by atoms with E-state index < -0.39 is 23.0 Å². The summed E-state index contributed by atoms with van der Waals surface area (Å²) >= 11 is 6.54. The molecule has 9 nitrogen and oxygen atoms in total. The Balaban J connectivity index is 1.30. The molecule has 2 aromatic carbocycles. The van der Waals surface area contributed by atoms with Crippen LogP contribution >= 0.6 is 11.6 Å². The lowest BCUT2D eigenvalue weighted by molar-refractivity contribution is 0.166. The molecule has 4 heterocycles. The van der Waals surface area contributed by atoms with Gasteiger partial charge in [-0.3, -0.25) is 4.79 Å². The van der Waals surface area contributed by atoms with E-state index in [-0.39, 0.29) is 69.2 Å². The molecule has 1 fully saturated rings. The first-order valence-corrected chi connectivity index (χ1v) is 14.2. The second-order valence-corrected chi connectivity index (χ2v) is 11.7. The highest BCUT2D eigenvalue weighted by molar-refractivity contribution is 6.31. The van der Waals surface area contributed by atoms with Crippen molar-refractivity contribution in [3.8, 4) is 34.7 Å². The van der Waals surface area contributed by atoms with Gasteiger partial charge in [0, 0.05) is 29.0 Å². The first kappa shape index (κ1) is 30.2. The molecule has 230 valence electrons. The molecule has 0 radical (unpaired) electrons. The summed E-state index contributed by atoms with van der Waals surface area (Å²) in [5.74, 6) is -1.49. The predicted molar refractivity (Wildman–Crippen MR) is 157 cm³/mol. The van der Waals surface area contributed by atoms with Gasteiger partial charge < -0.3 is 18.6 Å². The van der Waals surface area contributed by atoms with E-state index in [1.54, 1.807) is 10.6 Å². The van der Waals surface area contributed by atoms with Crippen molar-refractivity contribution in [2.45, 2.75) is 32.9 Å². The Bertz CT molecular complexity index is 2010. The van der Waals surface area contributed by atoms with Gasteiger partial charge in [0.25, 0.3) is 5.56 Å². The van der Waals surface area contributed by atoms with E-state index >= 15 is 8.78 Å². The van der Waals surface area contributed by atoms with E-state index in [4.69, 9.17) is 30.9 Å². The number of hydrogen-bond acceptors (Lipinski definition) is 7. The molecule has 45 heavy (non-hydrogen) atoms. The van der Waals surface area contributed by atoms with E-state index in [9.17, 15) is 9.18 Å². The number of hydrogen-bond donors (Lipinski definition) is 1. The Kier molecular flexibility index (Phi) is 7.99. The van der Waals surface area contributed by atoms with Gasteiger partial charge in [-0.15, -0.1) is 0 Å². The maximum atomic E-state index is 15.6. The third kappa shape index (κ3) is 5.96. The number of nitriles is 1. The normalized spacial score (nSPS) is 15.7. The summed E-state index contributed by atoms with van der Waals surface area (Å²) in [5, 5.41) is 11.2. The minimum absolute atomic E-state index is 0.0154. The molecule has 0 saturated carbocycles. The maximum absolute atomic E-state index is 15.6. The van der Waals surface area contributed by atoms with Gasteiger partial charge in [-0.05, 0) is 35.9 Å². The number of aromatic nitrogens is 4. The van der Waals surface area contributed by atoms with E-state index in [0.29, 0.717) is 24.7 Å². The van der Waals surface area contributed by atoms with Crippen molar-refractivity contribution in [3.05, 3.63) is 110 Å². The lowest BCUT2D eigenvalue weighted by Gasteiger charge is -2.28. The minimum atomic E-state index is -0.736. The summed E-state index contributed by atoms with van der Waals surface area (Å²) in [5.41, 5.74) is -0.115. The summed E-state index contributed by atoms with van der Waals surface area (Å²) in [6, 6.07) is 13.5. The molecule has 5 aromatic rings. The molecule has 1 aliphatic rings. The molecule has 13 heteroatoms. The van der Waals surface area contributed by atoms with Crippen LogP contribution in [-0.4, -0.2) is 32.9 Å². The number of benzene rings is 2. The molecular weight excluding hydrogens is 611 g/mol. The highest BCUT2D eigenvalue weighted by Crippen LogP contribution is 2.43. The largest absolute Gasteiger partial charge is 0.473 e. The van der Waals surface area contributed by atoms with E-state index in [1.165, 1.54) is 30.3 Å². The zero-order valence-corrected chi connectivity index (χ0v) is 24.8. The molecule has 0 amide bonds. The standard InChI is InChI=1S/C32H25ClF3N5O4/c1-32(2)16-43-15-26(32)41-27(39-31(33)30(41)25-12-28(42)40-45-25)10-19-9-23(36)20(11-22(19)35)24-4-3-5-29(38-24)44-14-18-7-6-17(13-37)8-21(18)34/h3-9,11-12,26H,10,14-16H2,1-2H3,(H,40,42)/t26-/m0/s1. The highest BCUT2D eigenvalue weighted by Gasteiger charge is 2.40. The van der Waals surface area contributed by atoms with Gasteiger partial charge in [0.05, 0.1) is 42.6 Å². The molecule has 1 aliphatic heterocycles. The number of nitrogens with one attached hydrogen (secondary N) is 1. The van der Waals surface area contributed by atoms with Crippen molar-refractivity contribution in [3.63, 3.8) is 0 Å². The van der Waals surface area contributed by atoms with Crippen molar-refractivity contribution >= 4 is 11.6 Å². The van der Waals surface area contributed by atoms with Crippen LogP contribution in [0.3, 0.4) is 0 Å². The molecule has 6 rings (SSSR count). The first-order valence-electron chi connectivity index (χ1n) is 13.8. The van der Waals surface area contributed by atoms with E-state index in [1.807, 2.05) is 19.9 Å². The number of halogens is 4. The fourth-order valence-corrected chi connectivity index (χ4v) is 5.61. The van der Waals surface area contributed by atoms with Crippen molar-refractivity contribution in [1.29, 1.82) is 5.26 Å². The molecule has 3 aromatic heterocycles. The molecular formula is C32H25ClF3N5O4. The number of rotatable bonds is 8. The quantitative estimate of drug-likeness (QED) is 0.204. The average molecular weight is 636 g/mol. The Labute approximate surface area is 259 Å². The minimum Gasteiger partial charge on any atom is -0.473 e. The topological polar surface area (TPSA) is 119 Å². The zero-order chi connectivity index (χ0) is 31.9. The monoisotopic (exact) mass is 635 g/mol. The third-order valence-electron chi connectivity index (χ3n) is 7.70. The van der Waals surface area contributed by atoms with Crippen LogP contribution in [0.15, 0.2) is 63.9 Å². The lowest BCUT2D eigenvalue weighted by atomic mass is 9.87. The highest BCUT2D eigenvalue weighted by atomic mass is 35.5. The lowest BCUT2D eigenvalue weighted by Crippen LogP contribution is -2.27. The molecule has 0 bridgehead atoms. The van der Waals surface area contributed by atoms with E-state index in [0.717, 1.165) is 18.2 Å². The van der Waals surface area contributed by atoms with Crippen LogP contribution in [0.4, 0.5) is 13.2 Å².